The van der Waals surface area contributed by atoms with E-state index in [1.807, 2.05) is 12.3 Å². The van der Waals surface area contributed by atoms with E-state index in [2.05, 4.69) is 29.2 Å². The number of fused-ring (bicyclic) bond motifs is 1. The molecule has 1 aromatic heterocycles. The number of benzene rings is 1. The molecule has 2 nitrogen and oxygen atoms in total. The Labute approximate surface area is 115 Å². The monoisotopic (exact) mass is 254 g/mol. The zero-order valence-electron chi connectivity index (χ0n) is 11.4. The summed E-state index contributed by atoms with van der Waals surface area (Å²) in [4.78, 5) is 4.59. The van der Waals surface area contributed by atoms with Crippen LogP contribution in [0.2, 0.25) is 0 Å². The van der Waals surface area contributed by atoms with Crippen molar-refractivity contribution < 1.29 is 0 Å². The Morgan fingerprint density at radius 1 is 1.05 bits per heavy atom. The van der Waals surface area contributed by atoms with Crippen LogP contribution in [0.25, 0.3) is 10.9 Å². The van der Waals surface area contributed by atoms with Gasteiger partial charge in [0.2, 0.25) is 0 Å². The molecule has 0 atom stereocenters. The van der Waals surface area contributed by atoms with Crippen molar-refractivity contribution >= 4 is 10.9 Å². The average Bonchev–Trinajstić information content (AvgIpc) is 2.48. The Morgan fingerprint density at radius 2 is 1.84 bits per heavy atom. The van der Waals surface area contributed by atoms with E-state index in [0.717, 1.165) is 12.5 Å². The van der Waals surface area contributed by atoms with Crippen molar-refractivity contribution in [2.24, 2.45) is 11.7 Å². The van der Waals surface area contributed by atoms with Gasteiger partial charge in [0.1, 0.15) is 0 Å². The van der Waals surface area contributed by atoms with E-state index in [1.165, 1.54) is 48.6 Å². The second kappa shape index (κ2) is 5.70. The third-order valence-electron chi connectivity index (χ3n) is 4.53. The molecule has 1 aliphatic rings. The molecule has 3 rings (SSSR count). The van der Waals surface area contributed by atoms with Crippen LogP contribution in [-0.4, -0.2) is 11.5 Å². The first-order valence-electron chi connectivity index (χ1n) is 7.42. The average molecular weight is 254 g/mol. The fourth-order valence-electron chi connectivity index (χ4n) is 3.46. The lowest BCUT2D eigenvalue weighted by atomic mass is 9.77. The summed E-state index contributed by atoms with van der Waals surface area (Å²) in [6.45, 7) is 0.838. The van der Waals surface area contributed by atoms with E-state index in [9.17, 15) is 0 Å². The lowest BCUT2D eigenvalue weighted by molar-refractivity contribution is 0.314. The molecule has 0 saturated heterocycles. The van der Waals surface area contributed by atoms with Gasteiger partial charge < -0.3 is 5.73 Å². The predicted octanol–water partition coefficient (Wildman–Crippen LogP) is 3.86. The summed E-state index contributed by atoms with van der Waals surface area (Å²) >= 11 is 0. The van der Waals surface area contributed by atoms with Crippen molar-refractivity contribution in [2.75, 3.05) is 6.54 Å². The van der Waals surface area contributed by atoms with Gasteiger partial charge in [0, 0.05) is 11.6 Å². The van der Waals surface area contributed by atoms with Crippen LogP contribution in [0.15, 0.2) is 36.5 Å². The first-order valence-corrected chi connectivity index (χ1v) is 7.42. The van der Waals surface area contributed by atoms with Crippen molar-refractivity contribution in [3.05, 3.63) is 42.1 Å². The lowest BCUT2D eigenvalue weighted by Crippen LogP contribution is -2.16. The maximum Gasteiger partial charge on any atom is 0.0736 e. The smallest absolute Gasteiger partial charge is 0.0736 e. The SMILES string of the molecule is NCCC1CCC(c2cccc3cccnc23)CC1. The van der Waals surface area contributed by atoms with Crippen LogP contribution in [0.4, 0.5) is 0 Å². The van der Waals surface area contributed by atoms with Crippen LogP contribution in [0.1, 0.15) is 43.6 Å². The topological polar surface area (TPSA) is 38.9 Å². The highest BCUT2D eigenvalue weighted by Crippen LogP contribution is 2.38. The molecule has 0 bridgehead atoms. The number of rotatable bonds is 3. The van der Waals surface area contributed by atoms with Crippen molar-refractivity contribution in [3.63, 3.8) is 0 Å². The first-order chi connectivity index (χ1) is 9.38. The Balaban J connectivity index is 1.82. The molecule has 1 aromatic carbocycles. The molecule has 0 spiro atoms. The summed E-state index contributed by atoms with van der Waals surface area (Å²) in [6.07, 6.45) is 8.34. The highest BCUT2D eigenvalue weighted by molar-refractivity contribution is 5.82. The number of pyridine rings is 1. The molecule has 1 heterocycles. The predicted molar refractivity (Wildman–Crippen MR) is 80.1 cm³/mol. The standard InChI is InChI=1S/C17H22N2/c18-11-10-13-6-8-14(9-7-13)16-5-1-3-15-4-2-12-19-17(15)16/h1-5,12-14H,6-11,18H2. The van der Waals surface area contributed by atoms with Gasteiger partial charge in [-0.15, -0.1) is 0 Å². The molecule has 2 aromatic rings. The van der Waals surface area contributed by atoms with Crippen LogP contribution in [0.5, 0.6) is 0 Å². The third kappa shape index (κ3) is 2.64. The van der Waals surface area contributed by atoms with Gasteiger partial charge in [-0.3, -0.25) is 4.98 Å². The minimum absolute atomic E-state index is 0.688. The maximum absolute atomic E-state index is 5.67. The van der Waals surface area contributed by atoms with E-state index in [0.29, 0.717) is 5.92 Å². The van der Waals surface area contributed by atoms with E-state index in [4.69, 9.17) is 5.73 Å². The van der Waals surface area contributed by atoms with Crippen LogP contribution in [0.3, 0.4) is 0 Å². The fraction of sp³-hybridized carbons (Fsp3) is 0.471. The summed E-state index contributed by atoms with van der Waals surface area (Å²) in [5, 5.41) is 1.27. The molecule has 2 N–H and O–H groups in total. The second-order valence-electron chi connectivity index (χ2n) is 5.72. The summed E-state index contributed by atoms with van der Waals surface area (Å²) in [6, 6.07) is 10.8. The van der Waals surface area contributed by atoms with Crippen molar-refractivity contribution in [3.8, 4) is 0 Å². The molecular weight excluding hydrogens is 232 g/mol. The number of nitrogens with zero attached hydrogens (tertiary/aromatic N) is 1. The first kappa shape index (κ1) is 12.6. The quantitative estimate of drug-likeness (QED) is 0.903. The number of aromatic nitrogens is 1. The number of nitrogens with two attached hydrogens (primary N) is 1. The molecule has 2 heteroatoms. The van der Waals surface area contributed by atoms with Gasteiger partial charge >= 0.3 is 0 Å². The van der Waals surface area contributed by atoms with Crippen LogP contribution < -0.4 is 5.73 Å². The molecule has 1 aliphatic carbocycles. The Kier molecular flexibility index (Phi) is 3.79. The zero-order chi connectivity index (χ0) is 13.1. The largest absolute Gasteiger partial charge is 0.330 e. The molecule has 19 heavy (non-hydrogen) atoms. The maximum atomic E-state index is 5.67. The third-order valence-corrected chi connectivity index (χ3v) is 4.53. The number of para-hydroxylation sites is 1. The second-order valence-corrected chi connectivity index (χ2v) is 5.72. The van der Waals surface area contributed by atoms with Gasteiger partial charge in [-0.1, -0.05) is 24.3 Å². The van der Waals surface area contributed by atoms with Crippen molar-refractivity contribution in [1.29, 1.82) is 0 Å². The van der Waals surface area contributed by atoms with Gasteiger partial charge in [0.25, 0.3) is 0 Å². The minimum atomic E-state index is 0.688. The van der Waals surface area contributed by atoms with Gasteiger partial charge in [-0.2, -0.15) is 0 Å². The fourth-order valence-corrected chi connectivity index (χ4v) is 3.46. The van der Waals surface area contributed by atoms with E-state index >= 15 is 0 Å². The molecule has 0 amide bonds. The Hall–Kier alpha value is -1.41. The number of hydrogen-bond acceptors (Lipinski definition) is 2. The molecule has 0 aliphatic heterocycles. The van der Waals surface area contributed by atoms with Gasteiger partial charge in [-0.05, 0) is 62.1 Å². The van der Waals surface area contributed by atoms with Crippen molar-refractivity contribution in [1.82, 2.24) is 4.98 Å². The summed E-state index contributed by atoms with van der Waals surface area (Å²) in [5.74, 6) is 1.54. The minimum Gasteiger partial charge on any atom is -0.330 e. The van der Waals surface area contributed by atoms with E-state index in [1.54, 1.807) is 0 Å². The van der Waals surface area contributed by atoms with Crippen LogP contribution >= 0.6 is 0 Å². The number of hydrogen-bond donors (Lipinski definition) is 1. The zero-order valence-corrected chi connectivity index (χ0v) is 11.4. The molecule has 100 valence electrons. The van der Waals surface area contributed by atoms with Gasteiger partial charge in [-0.25, -0.2) is 0 Å². The van der Waals surface area contributed by atoms with Crippen molar-refractivity contribution in [2.45, 2.75) is 38.0 Å². The molecule has 1 fully saturated rings. The Morgan fingerprint density at radius 3 is 2.63 bits per heavy atom. The summed E-state index contributed by atoms with van der Waals surface area (Å²) in [5.41, 5.74) is 8.32. The molecule has 0 radical (unpaired) electrons. The molecule has 0 unspecified atom stereocenters. The molecule has 1 saturated carbocycles. The highest BCUT2D eigenvalue weighted by Gasteiger charge is 2.23. The van der Waals surface area contributed by atoms with Crippen LogP contribution in [-0.2, 0) is 0 Å². The highest BCUT2D eigenvalue weighted by atomic mass is 14.7. The van der Waals surface area contributed by atoms with Gasteiger partial charge in [0.15, 0.2) is 0 Å². The Bertz CT molecular complexity index is 536. The normalized spacial score (nSPS) is 23.6. The summed E-state index contributed by atoms with van der Waals surface area (Å²) in [7, 11) is 0. The van der Waals surface area contributed by atoms with E-state index < -0.39 is 0 Å². The lowest BCUT2D eigenvalue weighted by Gasteiger charge is -2.29. The van der Waals surface area contributed by atoms with Gasteiger partial charge in [0.05, 0.1) is 5.52 Å². The van der Waals surface area contributed by atoms with Crippen LogP contribution in [0, 0.1) is 5.92 Å². The molecular formula is C17H22N2. The summed E-state index contributed by atoms with van der Waals surface area (Å²) < 4.78 is 0. The van der Waals surface area contributed by atoms with E-state index in [-0.39, 0.29) is 0 Å².